The smallest absolute Gasteiger partial charge is 0.224 e. The Hall–Kier alpha value is -3.68. The van der Waals surface area contributed by atoms with Gasteiger partial charge in [0.2, 0.25) is 5.88 Å². The molecule has 1 aromatic carbocycles. The van der Waals surface area contributed by atoms with Crippen LogP contribution in [0.25, 0.3) is 11.4 Å². The minimum atomic E-state index is -1.33. The Morgan fingerprint density at radius 2 is 1.97 bits per heavy atom. The molecule has 3 heterocycles. The van der Waals surface area contributed by atoms with Gasteiger partial charge in [0, 0.05) is 43.7 Å². The Balaban J connectivity index is 1.68. The summed E-state index contributed by atoms with van der Waals surface area (Å²) in [5, 5.41) is 9.34. The number of anilines is 1. The molecule has 4 rings (SSSR count). The van der Waals surface area contributed by atoms with Gasteiger partial charge in [-0.25, -0.2) is 19.3 Å². The molecule has 0 aliphatic carbocycles. The van der Waals surface area contributed by atoms with Crippen molar-refractivity contribution in [2.75, 3.05) is 37.7 Å². The van der Waals surface area contributed by atoms with Gasteiger partial charge in [-0.05, 0) is 25.1 Å². The highest BCUT2D eigenvalue weighted by Crippen LogP contribution is 2.33. The van der Waals surface area contributed by atoms with Gasteiger partial charge in [0.15, 0.2) is 5.82 Å². The fourth-order valence-corrected chi connectivity index (χ4v) is 3.28. The van der Waals surface area contributed by atoms with E-state index in [-0.39, 0.29) is 6.54 Å². The topological polar surface area (TPSA) is 123 Å². The summed E-state index contributed by atoms with van der Waals surface area (Å²) in [6, 6.07) is 8.77. The highest BCUT2D eigenvalue weighted by Gasteiger charge is 2.17. The molecule has 1 fully saturated rings. The first-order valence-corrected chi connectivity index (χ1v) is 10.1. The van der Waals surface area contributed by atoms with Crippen molar-refractivity contribution in [1.82, 2.24) is 19.9 Å². The predicted molar refractivity (Wildman–Crippen MR) is 115 cm³/mol. The van der Waals surface area contributed by atoms with Crippen LogP contribution in [0.4, 0.5) is 10.2 Å². The van der Waals surface area contributed by atoms with E-state index < -0.39 is 6.17 Å². The molecule has 2 aromatic heterocycles. The van der Waals surface area contributed by atoms with Crippen molar-refractivity contribution < 1.29 is 13.9 Å². The first-order chi connectivity index (χ1) is 15.6. The second kappa shape index (κ2) is 9.64. The summed E-state index contributed by atoms with van der Waals surface area (Å²) >= 11 is 0. The lowest BCUT2D eigenvalue weighted by Gasteiger charge is -2.28. The SMILES string of the molecule is Cc1nc(Oc2cc(C#N)ccc2-c2ncc([C@@H](F)CN)cn2)cc(N2CCOCC2)n1. The van der Waals surface area contributed by atoms with Crippen LogP contribution in [0.5, 0.6) is 11.6 Å². The summed E-state index contributed by atoms with van der Waals surface area (Å²) in [6.45, 7) is 4.35. The van der Waals surface area contributed by atoms with Crippen LogP contribution in [0.2, 0.25) is 0 Å². The van der Waals surface area contributed by atoms with Gasteiger partial charge in [-0.3, -0.25) is 0 Å². The molecular formula is C22H22FN7O2. The van der Waals surface area contributed by atoms with Gasteiger partial charge in [-0.2, -0.15) is 10.2 Å². The quantitative estimate of drug-likeness (QED) is 0.622. The zero-order chi connectivity index (χ0) is 22.5. The van der Waals surface area contributed by atoms with E-state index in [9.17, 15) is 9.65 Å². The number of hydrogen-bond donors (Lipinski definition) is 1. The third-order valence-corrected chi connectivity index (χ3v) is 4.94. The fraction of sp³-hybridized carbons (Fsp3) is 0.318. The lowest BCUT2D eigenvalue weighted by Crippen LogP contribution is -2.36. The molecule has 0 bridgehead atoms. The predicted octanol–water partition coefficient (Wildman–Crippen LogP) is 2.71. The fourth-order valence-electron chi connectivity index (χ4n) is 3.28. The molecule has 0 saturated carbocycles. The molecule has 9 nitrogen and oxygen atoms in total. The maximum absolute atomic E-state index is 13.8. The largest absolute Gasteiger partial charge is 0.438 e. The normalized spacial score (nSPS) is 14.6. The average molecular weight is 435 g/mol. The standard InChI is InChI=1S/C22H22FN7O2/c1-14-28-20(30-4-6-31-7-5-30)9-21(29-14)32-19-8-15(10-24)2-3-17(19)22-26-12-16(13-27-22)18(23)11-25/h2-3,8-9,12-13,18H,4-7,11,25H2,1H3/t18-/m0/s1. The maximum Gasteiger partial charge on any atom is 0.224 e. The highest BCUT2D eigenvalue weighted by atomic mass is 19.1. The van der Waals surface area contributed by atoms with Crippen molar-refractivity contribution in [3.63, 3.8) is 0 Å². The van der Waals surface area contributed by atoms with Gasteiger partial charge < -0.3 is 20.1 Å². The first-order valence-electron chi connectivity index (χ1n) is 10.1. The van der Waals surface area contributed by atoms with E-state index in [1.807, 2.05) is 0 Å². The Kier molecular flexibility index (Phi) is 6.49. The van der Waals surface area contributed by atoms with Crippen molar-refractivity contribution >= 4 is 5.82 Å². The Morgan fingerprint density at radius 3 is 2.66 bits per heavy atom. The van der Waals surface area contributed by atoms with Crippen LogP contribution in [0.3, 0.4) is 0 Å². The van der Waals surface area contributed by atoms with Crippen LogP contribution in [0.1, 0.15) is 23.1 Å². The van der Waals surface area contributed by atoms with Crippen molar-refractivity contribution in [3.8, 4) is 29.1 Å². The third kappa shape index (κ3) is 4.80. The van der Waals surface area contributed by atoms with Gasteiger partial charge in [-0.15, -0.1) is 0 Å². The van der Waals surface area contributed by atoms with Gasteiger partial charge >= 0.3 is 0 Å². The molecule has 0 amide bonds. The number of ether oxygens (including phenoxy) is 2. The zero-order valence-electron chi connectivity index (χ0n) is 17.5. The van der Waals surface area contributed by atoms with E-state index in [2.05, 4.69) is 30.9 Å². The van der Waals surface area contributed by atoms with Crippen molar-refractivity contribution in [3.05, 3.63) is 53.6 Å². The van der Waals surface area contributed by atoms with E-state index in [0.717, 1.165) is 18.9 Å². The molecule has 1 aliphatic heterocycles. The number of halogens is 1. The third-order valence-electron chi connectivity index (χ3n) is 4.94. The van der Waals surface area contributed by atoms with E-state index >= 15 is 0 Å². The number of aryl methyl sites for hydroxylation is 1. The van der Waals surface area contributed by atoms with E-state index in [0.29, 0.717) is 53.2 Å². The van der Waals surface area contributed by atoms with Crippen LogP contribution in [0.15, 0.2) is 36.7 Å². The minimum absolute atomic E-state index is 0.146. The average Bonchev–Trinajstić information content (AvgIpc) is 2.84. The van der Waals surface area contributed by atoms with Gasteiger partial charge in [-0.1, -0.05) is 0 Å². The van der Waals surface area contributed by atoms with E-state index in [1.54, 1.807) is 31.2 Å². The van der Waals surface area contributed by atoms with Crippen molar-refractivity contribution in [1.29, 1.82) is 5.26 Å². The number of benzene rings is 1. The molecule has 10 heteroatoms. The summed E-state index contributed by atoms with van der Waals surface area (Å²) < 4.78 is 25.3. The minimum Gasteiger partial charge on any atom is -0.438 e. The Bertz CT molecular complexity index is 1130. The van der Waals surface area contributed by atoms with Crippen molar-refractivity contribution in [2.24, 2.45) is 5.73 Å². The van der Waals surface area contributed by atoms with Crippen LogP contribution in [-0.4, -0.2) is 52.8 Å². The number of nitrogens with two attached hydrogens (primary N) is 1. The second-order valence-electron chi connectivity index (χ2n) is 7.18. The molecular weight excluding hydrogens is 413 g/mol. The summed E-state index contributed by atoms with van der Waals surface area (Å²) in [6.07, 6.45) is 1.46. The molecule has 2 N–H and O–H groups in total. The number of rotatable bonds is 6. The number of alkyl halides is 1. The molecule has 3 aromatic rings. The summed E-state index contributed by atoms with van der Waals surface area (Å²) in [5.41, 5.74) is 6.62. The summed E-state index contributed by atoms with van der Waals surface area (Å²) in [5.74, 6) is 2.32. The van der Waals surface area contributed by atoms with Gasteiger partial charge in [0.05, 0.1) is 30.4 Å². The summed E-state index contributed by atoms with van der Waals surface area (Å²) in [7, 11) is 0. The Morgan fingerprint density at radius 1 is 1.22 bits per heavy atom. The lowest BCUT2D eigenvalue weighted by molar-refractivity contribution is 0.122. The maximum atomic E-state index is 13.8. The van der Waals surface area contributed by atoms with Crippen molar-refractivity contribution in [2.45, 2.75) is 13.1 Å². The molecule has 164 valence electrons. The van der Waals surface area contributed by atoms with E-state index in [1.165, 1.54) is 12.4 Å². The molecule has 0 spiro atoms. The number of aromatic nitrogens is 4. The van der Waals surface area contributed by atoms with Gasteiger partial charge in [0.1, 0.15) is 23.6 Å². The van der Waals surface area contributed by atoms with Crippen LogP contribution >= 0.6 is 0 Å². The Labute approximate surface area is 184 Å². The molecule has 0 unspecified atom stereocenters. The number of hydrogen-bond acceptors (Lipinski definition) is 9. The second-order valence-corrected chi connectivity index (χ2v) is 7.18. The summed E-state index contributed by atoms with van der Waals surface area (Å²) in [4.78, 5) is 19.5. The molecule has 1 aliphatic rings. The number of nitriles is 1. The monoisotopic (exact) mass is 435 g/mol. The highest BCUT2D eigenvalue weighted by molar-refractivity contribution is 5.66. The van der Waals surface area contributed by atoms with E-state index in [4.69, 9.17) is 15.2 Å². The van der Waals surface area contributed by atoms with Gasteiger partial charge in [0.25, 0.3) is 0 Å². The van der Waals surface area contributed by atoms with Crippen LogP contribution < -0.4 is 15.4 Å². The number of morpholine rings is 1. The molecule has 32 heavy (non-hydrogen) atoms. The zero-order valence-corrected chi connectivity index (χ0v) is 17.5. The molecule has 1 saturated heterocycles. The number of nitrogens with zero attached hydrogens (tertiary/aromatic N) is 6. The first kappa shape index (κ1) is 21.5. The van der Waals surface area contributed by atoms with Crippen LogP contribution in [-0.2, 0) is 4.74 Å². The lowest BCUT2D eigenvalue weighted by atomic mass is 10.1. The molecule has 1 atom stereocenters. The molecule has 0 radical (unpaired) electrons. The van der Waals surface area contributed by atoms with Crippen LogP contribution in [0, 0.1) is 18.3 Å².